The molecular weight excluding hydrogens is 212 g/mol. The largest absolute Gasteiger partial charge is 0.446 e. The third-order valence-electron chi connectivity index (χ3n) is 2.74. The zero-order chi connectivity index (χ0) is 12.1. The van der Waals surface area contributed by atoms with E-state index in [4.69, 9.17) is 10.2 Å². The molecule has 0 radical (unpaired) electrons. The molecule has 2 N–H and O–H groups in total. The van der Waals surface area contributed by atoms with Gasteiger partial charge in [-0.15, -0.1) is 0 Å². The predicted molar refractivity (Wildman–Crippen MR) is 67.8 cm³/mol. The van der Waals surface area contributed by atoms with Crippen LogP contribution in [-0.2, 0) is 19.3 Å². The molecule has 0 saturated carbocycles. The van der Waals surface area contributed by atoms with Crippen molar-refractivity contribution in [1.29, 1.82) is 0 Å². The van der Waals surface area contributed by atoms with Gasteiger partial charge in [0.2, 0.25) is 0 Å². The summed E-state index contributed by atoms with van der Waals surface area (Å²) >= 11 is 0. The van der Waals surface area contributed by atoms with E-state index in [9.17, 15) is 0 Å². The molecule has 90 valence electrons. The Balaban J connectivity index is 1.90. The van der Waals surface area contributed by atoms with Crippen molar-refractivity contribution in [1.82, 2.24) is 4.98 Å². The van der Waals surface area contributed by atoms with Gasteiger partial charge in [-0.05, 0) is 18.9 Å². The maximum Gasteiger partial charge on any atom is 0.195 e. The Morgan fingerprint density at radius 2 is 1.88 bits per heavy atom. The zero-order valence-electron chi connectivity index (χ0n) is 10.1. The van der Waals surface area contributed by atoms with Gasteiger partial charge in [0.1, 0.15) is 5.76 Å². The third-order valence-corrected chi connectivity index (χ3v) is 2.74. The van der Waals surface area contributed by atoms with E-state index in [0.29, 0.717) is 13.0 Å². The second-order valence-electron chi connectivity index (χ2n) is 4.24. The molecule has 0 spiro atoms. The molecule has 0 aliphatic rings. The summed E-state index contributed by atoms with van der Waals surface area (Å²) in [4.78, 5) is 4.19. The Labute approximate surface area is 102 Å². The van der Waals surface area contributed by atoms with Crippen LogP contribution >= 0.6 is 0 Å². The first-order chi connectivity index (χ1) is 8.28. The first-order valence-corrected chi connectivity index (χ1v) is 5.97. The Hall–Kier alpha value is -1.61. The second kappa shape index (κ2) is 5.64. The fraction of sp³-hybridized carbons (Fsp3) is 0.357. The summed E-state index contributed by atoms with van der Waals surface area (Å²) in [6.07, 6.45) is 4.39. The highest BCUT2D eigenvalue weighted by Crippen LogP contribution is 2.10. The molecule has 17 heavy (non-hydrogen) atoms. The lowest BCUT2D eigenvalue weighted by atomic mass is 10.1. The predicted octanol–water partition coefficient (Wildman–Crippen LogP) is 2.27. The Kier molecular flexibility index (Phi) is 3.94. The molecule has 0 saturated heterocycles. The molecule has 1 heterocycles. The van der Waals surface area contributed by atoms with Crippen molar-refractivity contribution in [3.05, 3.63) is 53.2 Å². The maximum atomic E-state index is 5.58. The van der Waals surface area contributed by atoms with Crippen LogP contribution in [0.2, 0.25) is 0 Å². The minimum absolute atomic E-state index is 0.581. The smallest absolute Gasteiger partial charge is 0.195 e. The number of nitrogens with two attached hydrogens (primary N) is 1. The molecule has 2 rings (SSSR count). The van der Waals surface area contributed by atoms with Crippen molar-refractivity contribution in [2.24, 2.45) is 5.73 Å². The minimum atomic E-state index is 0.581. The molecule has 1 aromatic carbocycles. The summed E-state index contributed by atoms with van der Waals surface area (Å²) in [7, 11) is 0. The molecule has 0 amide bonds. The van der Waals surface area contributed by atoms with Crippen molar-refractivity contribution < 1.29 is 4.42 Å². The summed E-state index contributed by atoms with van der Waals surface area (Å²) in [5.74, 6) is 1.68. The summed E-state index contributed by atoms with van der Waals surface area (Å²) < 4.78 is 5.58. The molecule has 0 aliphatic carbocycles. The van der Waals surface area contributed by atoms with E-state index in [1.54, 1.807) is 6.20 Å². The van der Waals surface area contributed by atoms with Crippen molar-refractivity contribution in [3.63, 3.8) is 0 Å². The van der Waals surface area contributed by atoms with E-state index in [-0.39, 0.29) is 0 Å². The molecule has 3 heteroatoms. The molecule has 2 aromatic rings. The number of hydrogen-bond acceptors (Lipinski definition) is 3. The van der Waals surface area contributed by atoms with Gasteiger partial charge in [0.15, 0.2) is 5.89 Å². The fourth-order valence-corrected chi connectivity index (χ4v) is 1.72. The first-order valence-electron chi connectivity index (χ1n) is 5.97. The lowest BCUT2D eigenvalue weighted by molar-refractivity contribution is 0.455. The van der Waals surface area contributed by atoms with Gasteiger partial charge in [0, 0.05) is 19.4 Å². The average molecular weight is 230 g/mol. The number of aryl methyl sites for hydroxylation is 3. The lowest BCUT2D eigenvalue weighted by Crippen LogP contribution is -2.02. The van der Waals surface area contributed by atoms with Gasteiger partial charge >= 0.3 is 0 Å². The van der Waals surface area contributed by atoms with Crippen molar-refractivity contribution >= 4 is 0 Å². The molecule has 0 bridgehead atoms. The van der Waals surface area contributed by atoms with Crippen molar-refractivity contribution in [2.45, 2.75) is 26.2 Å². The zero-order valence-corrected chi connectivity index (χ0v) is 10.1. The van der Waals surface area contributed by atoms with Crippen LogP contribution in [0.3, 0.4) is 0 Å². The molecule has 0 aliphatic heterocycles. The molecular formula is C14H18N2O. The third kappa shape index (κ3) is 3.43. The van der Waals surface area contributed by atoms with E-state index in [1.165, 1.54) is 11.1 Å². The van der Waals surface area contributed by atoms with Gasteiger partial charge in [-0.1, -0.05) is 29.8 Å². The maximum absolute atomic E-state index is 5.58. The van der Waals surface area contributed by atoms with E-state index in [0.717, 1.165) is 24.5 Å². The van der Waals surface area contributed by atoms with Crippen LogP contribution < -0.4 is 5.73 Å². The van der Waals surface area contributed by atoms with Gasteiger partial charge in [-0.2, -0.15) is 0 Å². The Morgan fingerprint density at radius 1 is 1.12 bits per heavy atom. The molecule has 0 atom stereocenters. The van der Waals surface area contributed by atoms with Crippen molar-refractivity contribution in [2.75, 3.05) is 6.54 Å². The van der Waals surface area contributed by atoms with Crippen LogP contribution in [0, 0.1) is 6.92 Å². The van der Waals surface area contributed by atoms with Crippen LogP contribution in [-0.4, -0.2) is 11.5 Å². The van der Waals surface area contributed by atoms with E-state index in [2.05, 4.69) is 36.2 Å². The Morgan fingerprint density at radius 3 is 2.59 bits per heavy atom. The number of aromatic nitrogens is 1. The van der Waals surface area contributed by atoms with Gasteiger partial charge in [-0.25, -0.2) is 4.98 Å². The highest BCUT2D eigenvalue weighted by atomic mass is 16.4. The summed E-state index contributed by atoms with van der Waals surface area (Å²) in [6, 6.07) is 8.59. The highest BCUT2D eigenvalue weighted by molar-refractivity contribution is 5.21. The normalized spacial score (nSPS) is 10.7. The number of rotatable bonds is 5. The van der Waals surface area contributed by atoms with Crippen LogP contribution in [0.5, 0.6) is 0 Å². The van der Waals surface area contributed by atoms with E-state index < -0.39 is 0 Å². The summed E-state index contributed by atoms with van der Waals surface area (Å²) in [5, 5.41) is 0. The second-order valence-corrected chi connectivity index (χ2v) is 4.24. The van der Waals surface area contributed by atoms with Gasteiger partial charge < -0.3 is 10.2 Å². The summed E-state index contributed by atoms with van der Waals surface area (Å²) in [5.41, 5.74) is 8.07. The van der Waals surface area contributed by atoms with Gasteiger partial charge in [-0.3, -0.25) is 0 Å². The van der Waals surface area contributed by atoms with Gasteiger partial charge in [0.05, 0.1) is 6.20 Å². The highest BCUT2D eigenvalue weighted by Gasteiger charge is 2.03. The SMILES string of the molecule is Cc1ccc(CCc2cnc(CCN)o2)cc1. The molecule has 1 aromatic heterocycles. The van der Waals surface area contributed by atoms with E-state index in [1.807, 2.05) is 0 Å². The van der Waals surface area contributed by atoms with Crippen molar-refractivity contribution in [3.8, 4) is 0 Å². The van der Waals surface area contributed by atoms with Crippen LogP contribution in [0.1, 0.15) is 22.8 Å². The monoisotopic (exact) mass is 230 g/mol. The van der Waals surface area contributed by atoms with Crippen LogP contribution in [0.4, 0.5) is 0 Å². The van der Waals surface area contributed by atoms with E-state index >= 15 is 0 Å². The number of hydrogen-bond donors (Lipinski definition) is 1. The Bertz CT molecular complexity index is 459. The quantitative estimate of drug-likeness (QED) is 0.857. The van der Waals surface area contributed by atoms with Gasteiger partial charge in [0.25, 0.3) is 0 Å². The van der Waals surface area contributed by atoms with Crippen LogP contribution in [0.25, 0.3) is 0 Å². The molecule has 0 fully saturated rings. The minimum Gasteiger partial charge on any atom is -0.446 e. The number of nitrogens with zero attached hydrogens (tertiary/aromatic N) is 1. The first kappa shape index (κ1) is 11.9. The molecule has 3 nitrogen and oxygen atoms in total. The van der Waals surface area contributed by atoms with Crippen LogP contribution in [0.15, 0.2) is 34.9 Å². The fourth-order valence-electron chi connectivity index (χ4n) is 1.72. The number of oxazole rings is 1. The average Bonchev–Trinajstić information content (AvgIpc) is 2.77. The topological polar surface area (TPSA) is 52.0 Å². The standard InChI is InChI=1S/C14H18N2O/c1-11-2-4-12(5-3-11)6-7-13-10-16-14(17-13)8-9-15/h2-5,10H,6-9,15H2,1H3. The molecule has 0 unspecified atom stereocenters. The number of benzene rings is 1. The summed E-state index contributed by atoms with van der Waals surface area (Å²) in [6.45, 7) is 2.68. The lowest BCUT2D eigenvalue weighted by Gasteiger charge is -1.99.